The maximum Gasteiger partial charge on any atom is 0.435 e. The molecule has 2 aromatic rings. The molecule has 0 heterocycles. The largest absolute Gasteiger partial charge is 0.435 e. The van der Waals surface area contributed by atoms with Gasteiger partial charge in [0.1, 0.15) is 10.6 Å². The molecule has 1 amide bonds. The van der Waals surface area contributed by atoms with Crippen molar-refractivity contribution in [2.24, 2.45) is 11.8 Å². The van der Waals surface area contributed by atoms with Crippen molar-refractivity contribution in [3.8, 4) is 0 Å². The lowest BCUT2D eigenvalue weighted by Crippen LogP contribution is -2.51. The van der Waals surface area contributed by atoms with Crippen LogP contribution in [0.3, 0.4) is 0 Å². The van der Waals surface area contributed by atoms with Gasteiger partial charge >= 0.3 is 18.0 Å². The average Bonchev–Trinajstić information content (AvgIpc) is 3.30. The normalized spacial score (nSPS) is 25.7. The molecule has 0 aromatic heterocycles. The van der Waals surface area contributed by atoms with Crippen LogP contribution in [0.4, 0.5) is 35.1 Å². The monoisotopic (exact) mass is 625 g/mol. The zero-order valence-corrected chi connectivity index (χ0v) is 22.8. The van der Waals surface area contributed by atoms with Crippen molar-refractivity contribution in [1.29, 1.82) is 0 Å². The highest BCUT2D eigenvalue weighted by Crippen LogP contribution is 2.60. The number of nitrogens with one attached hydrogen (secondary N) is 1. The fourth-order valence-corrected chi connectivity index (χ4v) is 9.31. The van der Waals surface area contributed by atoms with Crippen molar-refractivity contribution in [2.75, 3.05) is 6.54 Å². The van der Waals surface area contributed by atoms with Gasteiger partial charge in [0.2, 0.25) is 5.91 Å². The van der Waals surface area contributed by atoms with Gasteiger partial charge in [-0.05, 0) is 86.3 Å². The van der Waals surface area contributed by atoms with E-state index in [1.165, 1.54) is 0 Å². The molecule has 0 aliphatic heterocycles. The second kappa shape index (κ2) is 9.90. The Morgan fingerprint density at radius 2 is 1.55 bits per heavy atom. The van der Waals surface area contributed by atoms with Gasteiger partial charge in [0.15, 0.2) is 9.84 Å². The van der Waals surface area contributed by atoms with Gasteiger partial charge in [-0.25, -0.2) is 17.2 Å². The lowest BCUT2D eigenvalue weighted by atomic mass is 9.72. The molecule has 0 radical (unpaired) electrons. The van der Waals surface area contributed by atoms with Crippen LogP contribution in [0.25, 0.3) is 0 Å². The van der Waals surface area contributed by atoms with Crippen molar-refractivity contribution < 1.29 is 53.4 Å². The van der Waals surface area contributed by atoms with Gasteiger partial charge in [-0.1, -0.05) is 18.2 Å². The van der Waals surface area contributed by atoms with Crippen LogP contribution >= 0.6 is 0 Å². The summed E-state index contributed by atoms with van der Waals surface area (Å²) in [5.41, 5.74) is -8.83. The van der Waals surface area contributed by atoms with Crippen LogP contribution in [-0.4, -0.2) is 43.9 Å². The smallest absolute Gasteiger partial charge is 0.388 e. The van der Waals surface area contributed by atoms with Crippen LogP contribution in [0.5, 0.6) is 0 Å². The highest BCUT2D eigenvalue weighted by molar-refractivity contribution is 7.92. The van der Waals surface area contributed by atoms with Gasteiger partial charge in [0.25, 0.3) is 0 Å². The molecule has 2 N–H and O–H groups in total. The Kier molecular flexibility index (Phi) is 7.24. The summed E-state index contributed by atoms with van der Waals surface area (Å²) in [6.45, 7) is -0.0554. The molecule has 3 aliphatic rings. The van der Waals surface area contributed by atoms with E-state index in [9.17, 15) is 53.4 Å². The summed E-state index contributed by atoms with van der Waals surface area (Å²) in [4.78, 5) is 12.9. The molecule has 42 heavy (non-hydrogen) atoms. The lowest BCUT2D eigenvalue weighted by Gasteiger charge is -2.43. The van der Waals surface area contributed by atoms with Gasteiger partial charge in [0, 0.05) is 18.0 Å². The van der Waals surface area contributed by atoms with E-state index in [0.717, 1.165) is 36.8 Å². The van der Waals surface area contributed by atoms with E-state index in [1.807, 2.05) is 0 Å². The zero-order valence-electron chi connectivity index (χ0n) is 22.0. The summed E-state index contributed by atoms with van der Waals surface area (Å²) in [5, 5.41) is 13.1. The number of sulfone groups is 1. The quantitative estimate of drug-likeness (QED) is 0.315. The molecule has 5 nitrogen and oxygen atoms in total. The second-order valence-electron chi connectivity index (χ2n) is 11.5. The number of fused-ring (bicyclic) bond motifs is 3. The summed E-state index contributed by atoms with van der Waals surface area (Å²) in [6.07, 6.45) is -11.5. The third kappa shape index (κ3) is 4.51. The average molecular weight is 626 g/mol. The van der Waals surface area contributed by atoms with Gasteiger partial charge < -0.3 is 10.4 Å². The number of carbonyl (C=O) groups is 1. The molecular formula is C28H27F8NO4S. The number of halogens is 8. The maximum atomic E-state index is 14.9. The third-order valence-electron chi connectivity index (χ3n) is 9.19. The van der Waals surface area contributed by atoms with E-state index in [2.05, 4.69) is 5.32 Å². The number of carbonyl (C=O) groups excluding carboxylic acids is 1. The summed E-state index contributed by atoms with van der Waals surface area (Å²) in [5.74, 6) is -3.15. The van der Waals surface area contributed by atoms with Crippen LogP contribution < -0.4 is 5.32 Å². The van der Waals surface area contributed by atoms with Crippen molar-refractivity contribution in [3.63, 3.8) is 0 Å². The number of hydrogen-bond donors (Lipinski definition) is 2. The molecular weight excluding hydrogens is 598 g/mol. The van der Waals surface area contributed by atoms with E-state index in [1.54, 1.807) is 0 Å². The molecule has 2 saturated carbocycles. The number of rotatable bonds is 6. The zero-order chi connectivity index (χ0) is 30.9. The predicted molar refractivity (Wildman–Crippen MR) is 133 cm³/mol. The summed E-state index contributed by atoms with van der Waals surface area (Å²) >= 11 is 0. The Bertz CT molecular complexity index is 1470. The van der Waals surface area contributed by atoms with Crippen LogP contribution in [-0.2, 0) is 31.5 Å². The number of amides is 1. The third-order valence-corrected chi connectivity index (χ3v) is 11.8. The SMILES string of the molecule is O=C(NCC1(O)CCC1)[C@@H]1CC[C@@]2(S(=O)(=O)c3ccc(F)cc3)c3ccc(C(F)(C(F)(F)F)C(F)(F)F)cc3CC[C@@H]12. The van der Waals surface area contributed by atoms with Crippen molar-refractivity contribution in [2.45, 2.75) is 78.2 Å². The summed E-state index contributed by atoms with van der Waals surface area (Å²) in [7, 11) is -4.53. The molecule has 2 fully saturated rings. The molecule has 0 bridgehead atoms. The van der Waals surface area contributed by atoms with E-state index in [-0.39, 0.29) is 48.3 Å². The molecule has 230 valence electrons. The van der Waals surface area contributed by atoms with E-state index < -0.39 is 67.3 Å². The Labute approximate surface area is 236 Å². The molecule has 0 saturated heterocycles. The van der Waals surface area contributed by atoms with Gasteiger partial charge in [-0.15, -0.1) is 0 Å². The van der Waals surface area contributed by atoms with Gasteiger partial charge in [-0.3, -0.25) is 4.79 Å². The number of hydrogen-bond acceptors (Lipinski definition) is 4. The molecule has 0 unspecified atom stereocenters. The molecule has 3 aliphatic carbocycles. The second-order valence-corrected chi connectivity index (χ2v) is 13.7. The van der Waals surface area contributed by atoms with E-state index >= 15 is 0 Å². The number of benzene rings is 2. The minimum Gasteiger partial charge on any atom is -0.388 e. The standard InChI is InChI=1S/C28H27F8NO4S/c29-18-4-6-19(7-5-18)42(40,41)25-13-10-20(23(38)37-15-24(39)11-1-12-24)22(25)8-2-16-14-17(3-9-21(16)25)26(30,27(31,32)33)28(34,35)36/h3-7,9,14,20,22,39H,1-2,8,10-13,15H2,(H,37,38)/t20-,22+,25-/m1/s1. The Balaban J connectivity index is 1.62. The van der Waals surface area contributed by atoms with E-state index in [0.29, 0.717) is 25.0 Å². The molecule has 5 rings (SSSR count). The first-order chi connectivity index (χ1) is 19.4. The first kappa shape index (κ1) is 30.7. The Hall–Kier alpha value is -2.74. The molecule has 3 atom stereocenters. The highest BCUT2D eigenvalue weighted by atomic mass is 32.2. The van der Waals surface area contributed by atoms with Crippen molar-refractivity contribution >= 4 is 15.7 Å². The molecule has 0 spiro atoms. The Morgan fingerprint density at radius 3 is 2.10 bits per heavy atom. The fourth-order valence-electron chi connectivity index (χ4n) is 6.84. The minimum atomic E-state index is -6.35. The molecule has 14 heteroatoms. The van der Waals surface area contributed by atoms with Crippen molar-refractivity contribution in [3.05, 3.63) is 65.0 Å². The Morgan fingerprint density at radius 1 is 0.929 bits per heavy atom. The van der Waals surface area contributed by atoms with Crippen LogP contribution in [0.1, 0.15) is 55.2 Å². The first-order valence-corrected chi connectivity index (χ1v) is 14.8. The fraction of sp³-hybridized carbons (Fsp3) is 0.536. The van der Waals surface area contributed by atoms with Crippen LogP contribution in [0.2, 0.25) is 0 Å². The maximum absolute atomic E-state index is 14.9. The number of alkyl halides is 7. The summed E-state index contributed by atoms with van der Waals surface area (Å²) in [6, 6.07) is 5.28. The van der Waals surface area contributed by atoms with Gasteiger partial charge in [-0.2, -0.15) is 26.3 Å². The minimum absolute atomic E-state index is 0.00863. The lowest BCUT2D eigenvalue weighted by molar-refractivity contribution is -0.348. The van der Waals surface area contributed by atoms with Gasteiger partial charge in [0.05, 0.1) is 10.5 Å². The highest BCUT2D eigenvalue weighted by Gasteiger charge is 2.74. The first-order valence-electron chi connectivity index (χ1n) is 13.3. The predicted octanol–water partition coefficient (Wildman–Crippen LogP) is 5.79. The number of aryl methyl sites for hydroxylation is 1. The van der Waals surface area contributed by atoms with Crippen LogP contribution in [0, 0.1) is 17.7 Å². The van der Waals surface area contributed by atoms with Crippen molar-refractivity contribution in [1.82, 2.24) is 5.32 Å². The van der Waals surface area contributed by atoms with Crippen LogP contribution in [0.15, 0.2) is 47.4 Å². The summed E-state index contributed by atoms with van der Waals surface area (Å²) < 4.78 is 136. The topological polar surface area (TPSA) is 83.5 Å². The number of aliphatic hydroxyl groups is 1. The van der Waals surface area contributed by atoms with E-state index in [4.69, 9.17) is 0 Å². The molecule has 2 aromatic carbocycles.